The Morgan fingerprint density at radius 2 is 2.14 bits per heavy atom. The van der Waals surface area contributed by atoms with Crippen LogP contribution in [0.25, 0.3) is 0 Å². The highest BCUT2D eigenvalue weighted by molar-refractivity contribution is 7.99. The van der Waals surface area contributed by atoms with E-state index in [4.69, 9.17) is 9.47 Å². The Kier molecular flexibility index (Phi) is 6.88. The molecule has 0 radical (unpaired) electrons. The van der Waals surface area contributed by atoms with E-state index >= 15 is 0 Å². The first-order chi connectivity index (χ1) is 10.2. The first kappa shape index (κ1) is 16.7. The Morgan fingerprint density at radius 3 is 2.86 bits per heavy atom. The number of hydrogen-bond donors (Lipinski definition) is 1. The molecular weight excluding hydrogens is 292 g/mol. The predicted molar refractivity (Wildman–Crippen MR) is 79.3 cm³/mol. The van der Waals surface area contributed by atoms with Crippen molar-refractivity contribution in [2.24, 2.45) is 0 Å². The molecule has 2 rings (SSSR count). The van der Waals surface area contributed by atoms with Gasteiger partial charge >= 0.3 is 0 Å². The molecule has 0 spiro atoms. The normalized spacial score (nSPS) is 19.0. The van der Waals surface area contributed by atoms with E-state index in [9.17, 15) is 5.11 Å². The number of aliphatic hydroxyl groups excluding tert-OH is 1. The van der Waals surface area contributed by atoms with Gasteiger partial charge in [-0.25, -0.2) is 4.68 Å². The molecule has 0 aliphatic heterocycles. The minimum Gasteiger partial charge on any atom is -0.390 e. The maximum absolute atomic E-state index is 9.96. The molecule has 1 fully saturated rings. The van der Waals surface area contributed by atoms with Crippen LogP contribution < -0.4 is 0 Å². The van der Waals surface area contributed by atoms with E-state index in [0.717, 1.165) is 18.0 Å². The zero-order valence-corrected chi connectivity index (χ0v) is 13.5. The van der Waals surface area contributed by atoms with Crippen molar-refractivity contribution in [1.82, 2.24) is 20.2 Å². The highest BCUT2D eigenvalue weighted by Crippen LogP contribution is 2.31. The van der Waals surface area contributed by atoms with Crippen molar-refractivity contribution in [2.75, 3.05) is 26.1 Å². The summed E-state index contributed by atoms with van der Waals surface area (Å²) in [7, 11) is 1.63. The Labute approximate surface area is 129 Å². The molecule has 7 nitrogen and oxygen atoms in total. The second-order valence-corrected chi connectivity index (χ2v) is 6.40. The maximum Gasteiger partial charge on any atom is 0.209 e. The van der Waals surface area contributed by atoms with Crippen LogP contribution in [0.4, 0.5) is 0 Å². The highest BCUT2D eigenvalue weighted by atomic mass is 32.2. The van der Waals surface area contributed by atoms with Gasteiger partial charge in [-0.05, 0) is 30.2 Å². The van der Waals surface area contributed by atoms with Gasteiger partial charge in [0.1, 0.15) is 0 Å². The first-order valence-electron chi connectivity index (χ1n) is 7.40. The average molecular weight is 316 g/mol. The van der Waals surface area contributed by atoms with Gasteiger partial charge in [-0.2, -0.15) is 0 Å². The lowest BCUT2D eigenvalue weighted by molar-refractivity contribution is -0.0257. The molecule has 120 valence electrons. The number of aromatic nitrogens is 4. The van der Waals surface area contributed by atoms with Crippen LogP contribution >= 0.6 is 11.8 Å². The fourth-order valence-electron chi connectivity index (χ4n) is 2.44. The van der Waals surface area contributed by atoms with E-state index in [1.165, 1.54) is 24.6 Å². The molecule has 8 heteroatoms. The largest absolute Gasteiger partial charge is 0.390 e. The second kappa shape index (κ2) is 8.67. The molecule has 1 N–H and O–H groups in total. The smallest absolute Gasteiger partial charge is 0.209 e. The fourth-order valence-corrected chi connectivity index (χ4v) is 3.29. The standard InChI is InChI=1S/C13H24N4O3S/c1-10(7-19-2)20-8-12(18)9-21-13-14-15-16-17(13)11-5-3-4-6-11/h10-12,18H,3-9H2,1-2H3. The molecular formula is C13H24N4O3S. The molecule has 1 aromatic heterocycles. The van der Waals surface area contributed by atoms with Gasteiger partial charge in [-0.15, -0.1) is 5.10 Å². The van der Waals surface area contributed by atoms with Gasteiger partial charge in [-0.1, -0.05) is 24.6 Å². The van der Waals surface area contributed by atoms with Crippen LogP contribution in [0.2, 0.25) is 0 Å². The topological polar surface area (TPSA) is 82.3 Å². The third-order valence-corrected chi connectivity index (χ3v) is 4.59. The fraction of sp³-hybridized carbons (Fsp3) is 0.923. The number of ether oxygens (including phenoxy) is 2. The summed E-state index contributed by atoms with van der Waals surface area (Å²) in [6.07, 6.45) is 4.20. The minimum absolute atomic E-state index is 0.0153. The monoisotopic (exact) mass is 316 g/mol. The zero-order chi connectivity index (χ0) is 15.1. The summed E-state index contributed by atoms with van der Waals surface area (Å²) in [5, 5.41) is 22.6. The maximum atomic E-state index is 9.96. The van der Waals surface area contributed by atoms with Crippen LogP contribution in [0.15, 0.2) is 5.16 Å². The number of nitrogens with zero attached hydrogens (tertiary/aromatic N) is 4. The SMILES string of the molecule is COCC(C)OCC(O)CSc1nnnn1C1CCCC1. The third-order valence-electron chi connectivity index (χ3n) is 3.51. The third kappa shape index (κ3) is 5.21. The van der Waals surface area contributed by atoms with E-state index < -0.39 is 6.10 Å². The molecule has 1 heterocycles. The summed E-state index contributed by atoms with van der Waals surface area (Å²) in [5.41, 5.74) is 0. The summed E-state index contributed by atoms with van der Waals surface area (Å²) in [6.45, 7) is 2.74. The summed E-state index contributed by atoms with van der Waals surface area (Å²) in [6, 6.07) is 0.414. The molecule has 1 aliphatic carbocycles. The van der Waals surface area contributed by atoms with Crippen molar-refractivity contribution in [3.63, 3.8) is 0 Å². The second-order valence-electron chi connectivity index (χ2n) is 5.41. The number of hydrogen-bond acceptors (Lipinski definition) is 7. The molecule has 0 amide bonds. The highest BCUT2D eigenvalue weighted by Gasteiger charge is 2.22. The minimum atomic E-state index is -0.539. The van der Waals surface area contributed by atoms with Crippen molar-refractivity contribution in [2.45, 2.75) is 56.0 Å². The van der Waals surface area contributed by atoms with Gasteiger partial charge in [0.25, 0.3) is 0 Å². The van der Waals surface area contributed by atoms with Gasteiger partial charge in [-0.3, -0.25) is 0 Å². The van der Waals surface area contributed by atoms with Crippen molar-refractivity contribution in [1.29, 1.82) is 0 Å². The quantitative estimate of drug-likeness (QED) is 0.687. The number of aliphatic hydroxyl groups is 1. The Bertz CT molecular complexity index is 412. The zero-order valence-electron chi connectivity index (χ0n) is 12.6. The first-order valence-corrected chi connectivity index (χ1v) is 8.38. The van der Waals surface area contributed by atoms with Gasteiger partial charge in [0, 0.05) is 12.9 Å². The van der Waals surface area contributed by atoms with E-state index in [1.54, 1.807) is 7.11 Å². The van der Waals surface area contributed by atoms with Crippen LogP contribution in [0.3, 0.4) is 0 Å². The molecule has 21 heavy (non-hydrogen) atoms. The van der Waals surface area contributed by atoms with Crippen LogP contribution in [0.5, 0.6) is 0 Å². The summed E-state index contributed by atoms with van der Waals surface area (Å²) < 4.78 is 12.4. The van der Waals surface area contributed by atoms with E-state index in [2.05, 4.69) is 15.5 Å². The lowest BCUT2D eigenvalue weighted by Crippen LogP contribution is -2.24. The van der Waals surface area contributed by atoms with E-state index in [1.807, 2.05) is 11.6 Å². The Balaban J connectivity index is 1.74. The number of rotatable bonds is 9. The van der Waals surface area contributed by atoms with Crippen LogP contribution in [-0.2, 0) is 9.47 Å². The van der Waals surface area contributed by atoms with Gasteiger partial charge in [0.05, 0.1) is 31.5 Å². The Hall–Kier alpha value is -0.700. The predicted octanol–water partition coefficient (Wildman–Crippen LogP) is 1.29. The van der Waals surface area contributed by atoms with Gasteiger partial charge in [0.15, 0.2) is 0 Å². The molecule has 0 aromatic carbocycles. The van der Waals surface area contributed by atoms with Crippen molar-refractivity contribution < 1.29 is 14.6 Å². The molecule has 2 unspecified atom stereocenters. The van der Waals surface area contributed by atoms with Crippen molar-refractivity contribution >= 4 is 11.8 Å². The number of methoxy groups -OCH3 is 1. The Morgan fingerprint density at radius 1 is 1.38 bits per heavy atom. The van der Waals surface area contributed by atoms with Crippen LogP contribution in [0.1, 0.15) is 38.6 Å². The summed E-state index contributed by atoms with van der Waals surface area (Å²) in [4.78, 5) is 0. The summed E-state index contributed by atoms with van der Waals surface area (Å²) in [5.74, 6) is 0.521. The molecule has 1 aromatic rings. The molecule has 0 bridgehead atoms. The average Bonchev–Trinajstić information content (AvgIpc) is 3.13. The van der Waals surface area contributed by atoms with Crippen LogP contribution in [0, 0.1) is 0 Å². The lowest BCUT2D eigenvalue weighted by Gasteiger charge is -2.16. The number of tetrazole rings is 1. The molecule has 2 atom stereocenters. The lowest BCUT2D eigenvalue weighted by atomic mass is 10.3. The van der Waals surface area contributed by atoms with Crippen molar-refractivity contribution in [3.8, 4) is 0 Å². The summed E-state index contributed by atoms with van der Waals surface area (Å²) >= 11 is 1.48. The molecule has 0 saturated heterocycles. The number of thioether (sulfide) groups is 1. The van der Waals surface area contributed by atoms with Gasteiger partial charge in [0.2, 0.25) is 5.16 Å². The van der Waals surface area contributed by atoms with Crippen molar-refractivity contribution in [3.05, 3.63) is 0 Å². The van der Waals surface area contributed by atoms with E-state index in [0.29, 0.717) is 25.0 Å². The van der Waals surface area contributed by atoms with Gasteiger partial charge < -0.3 is 14.6 Å². The molecule has 1 saturated carbocycles. The molecule has 1 aliphatic rings. The van der Waals surface area contributed by atoms with Crippen LogP contribution in [-0.4, -0.2) is 63.6 Å². The van der Waals surface area contributed by atoms with E-state index in [-0.39, 0.29) is 6.10 Å².